The molecule has 0 aromatic carbocycles. The van der Waals surface area contributed by atoms with Crippen molar-refractivity contribution in [1.82, 2.24) is 24.5 Å². The van der Waals surface area contributed by atoms with E-state index in [2.05, 4.69) is 26.9 Å². The highest BCUT2D eigenvalue weighted by atomic mass is 32.2. The van der Waals surface area contributed by atoms with Crippen LogP contribution < -0.4 is 0 Å². The summed E-state index contributed by atoms with van der Waals surface area (Å²) in [6.45, 7) is 2.18. The molecular formula is C16H17N5S. The fourth-order valence-corrected chi connectivity index (χ4v) is 2.91. The summed E-state index contributed by atoms with van der Waals surface area (Å²) < 4.78 is 1.98. The van der Waals surface area contributed by atoms with E-state index < -0.39 is 0 Å². The lowest BCUT2D eigenvalue weighted by atomic mass is 10.3. The van der Waals surface area contributed by atoms with E-state index in [1.54, 1.807) is 30.4 Å². The molecule has 3 aromatic heterocycles. The maximum atomic E-state index is 4.42. The number of hydrogen-bond donors (Lipinski definition) is 0. The molecule has 112 valence electrons. The molecule has 0 radical (unpaired) electrons. The lowest BCUT2D eigenvalue weighted by molar-refractivity contribution is 0.887. The van der Waals surface area contributed by atoms with Crippen LogP contribution in [0.3, 0.4) is 0 Å². The summed E-state index contributed by atoms with van der Waals surface area (Å²) >= 11 is 1.69. The largest absolute Gasteiger partial charge is 0.298 e. The molecular weight excluding hydrogens is 294 g/mol. The molecule has 0 aliphatic heterocycles. The van der Waals surface area contributed by atoms with Gasteiger partial charge < -0.3 is 0 Å². The summed E-state index contributed by atoms with van der Waals surface area (Å²) in [5.41, 5.74) is 1.87. The van der Waals surface area contributed by atoms with Gasteiger partial charge in [0, 0.05) is 36.7 Å². The highest BCUT2D eigenvalue weighted by molar-refractivity contribution is 7.99. The Morgan fingerprint density at radius 3 is 2.68 bits per heavy atom. The van der Waals surface area contributed by atoms with Crippen molar-refractivity contribution in [2.75, 3.05) is 5.75 Å². The van der Waals surface area contributed by atoms with Crippen molar-refractivity contribution in [2.45, 2.75) is 24.9 Å². The molecule has 0 fully saturated rings. The Labute approximate surface area is 133 Å². The second-order valence-electron chi connectivity index (χ2n) is 4.79. The van der Waals surface area contributed by atoms with Crippen molar-refractivity contribution in [3.8, 4) is 17.1 Å². The molecule has 0 aliphatic rings. The van der Waals surface area contributed by atoms with Gasteiger partial charge in [-0.3, -0.25) is 9.55 Å². The Bertz CT molecular complexity index is 709. The van der Waals surface area contributed by atoms with Crippen LogP contribution in [0.5, 0.6) is 0 Å². The highest BCUT2D eigenvalue weighted by Crippen LogP contribution is 2.21. The van der Waals surface area contributed by atoms with Crippen molar-refractivity contribution in [1.29, 1.82) is 0 Å². The van der Waals surface area contributed by atoms with E-state index in [9.17, 15) is 0 Å². The maximum Gasteiger partial charge on any atom is 0.187 e. The first kappa shape index (κ1) is 14.7. The lowest BCUT2D eigenvalue weighted by Gasteiger charge is -2.07. The van der Waals surface area contributed by atoms with Crippen molar-refractivity contribution in [2.24, 2.45) is 0 Å². The Morgan fingerprint density at radius 1 is 1.09 bits per heavy atom. The van der Waals surface area contributed by atoms with E-state index in [1.807, 2.05) is 35.3 Å². The maximum absolute atomic E-state index is 4.42. The van der Waals surface area contributed by atoms with E-state index in [-0.39, 0.29) is 0 Å². The average Bonchev–Trinajstić information content (AvgIpc) is 3.06. The van der Waals surface area contributed by atoms with Crippen LogP contribution >= 0.6 is 11.8 Å². The zero-order valence-electron chi connectivity index (χ0n) is 12.4. The third-order valence-corrected chi connectivity index (χ3v) is 4.14. The molecule has 6 heteroatoms. The Kier molecular flexibility index (Phi) is 4.80. The predicted molar refractivity (Wildman–Crippen MR) is 88.0 cm³/mol. The summed E-state index contributed by atoms with van der Waals surface area (Å²) in [5.74, 6) is 1.87. The first-order valence-electron chi connectivity index (χ1n) is 7.27. The lowest BCUT2D eigenvalue weighted by Crippen LogP contribution is -1.98. The van der Waals surface area contributed by atoms with Crippen LogP contribution in [0.25, 0.3) is 17.1 Å². The van der Waals surface area contributed by atoms with Crippen LogP contribution in [-0.2, 0) is 0 Å². The molecule has 0 saturated carbocycles. The average molecular weight is 311 g/mol. The third kappa shape index (κ3) is 3.33. The minimum atomic E-state index is 0.816. The zero-order chi connectivity index (χ0) is 15.2. The third-order valence-electron chi connectivity index (χ3n) is 3.18. The van der Waals surface area contributed by atoms with Crippen molar-refractivity contribution in [3.05, 3.63) is 49.3 Å². The number of unbranched alkanes of at least 4 members (excludes halogenated alkanes) is 1. The molecule has 0 aliphatic carbocycles. The highest BCUT2D eigenvalue weighted by Gasteiger charge is 2.09. The molecule has 5 nitrogen and oxygen atoms in total. The number of rotatable bonds is 6. The summed E-state index contributed by atoms with van der Waals surface area (Å²) in [7, 11) is 0. The summed E-state index contributed by atoms with van der Waals surface area (Å²) in [4.78, 5) is 17.4. The first-order chi connectivity index (χ1) is 10.9. The van der Waals surface area contributed by atoms with E-state index in [0.29, 0.717) is 0 Å². The molecule has 0 saturated heterocycles. The van der Waals surface area contributed by atoms with Crippen LogP contribution in [0.1, 0.15) is 19.8 Å². The smallest absolute Gasteiger partial charge is 0.187 e. The monoisotopic (exact) mass is 311 g/mol. The number of thioether (sulfide) groups is 1. The first-order valence-corrected chi connectivity index (χ1v) is 8.26. The van der Waals surface area contributed by atoms with Gasteiger partial charge in [-0.1, -0.05) is 25.1 Å². The molecule has 0 bridgehead atoms. The Hall–Kier alpha value is -2.21. The van der Waals surface area contributed by atoms with Gasteiger partial charge in [-0.2, -0.15) is 0 Å². The Morgan fingerprint density at radius 2 is 1.95 bits per heavy atom. The van der Waals surface area contributed by atoms with Gasteiger partial charge in [-0.15, -0.1) is 0 Å². The number of aromatic nitrogens is 5. The minimum Gasteiger partial charge on any atom is -0.298 e. The van der Waals surface area contributed by atoms with Gasteiger partial charge in [0.05, 0.1) is 17.4 Å². The van der Waals surface area contributed by atoms with Crippen LogP contribution in [0.4, 0.5) is 0 Å². The SMILES string of the molecule is CCCCSc1ncc(-c2nccn2-c2cccnc2)cn1. The molecule has 0 unspecified atom stereocenters. The fourth-order valence-electron chi connectivity index (χ4n) is 2.04. The summed E-state index contributed by atoms with van der Waals surface area (Å²) in [5, 5.41) is 0.816. The van der Waals surface area contributed by atoms with Gasteiger partial charge in [-0.25, -0.2) is 15.0 Å². The standard InChI is InChI=1S/C16H17N5S/c1-2-3-9-22-16-19-10-13(11-20-16)15-18-7-8-21(15)14-5-4-6-17-12-14/h4-8,10-12H,2-3,9H2,1H3. The van der Waals surface area contributed by atoms with Crippen LogP contribution in [-0.4, -0.2) is 30.3 Å². The molecule has 0 N–H and O–H groups in total. The van der Waals surface area contributed by atoms with Gasteiger partial charge >= 0.3 is 0 Å². The van der Waals surface area contributed by atoms with Gasteiger partial charge in [0.1, 0.15) is 5.82 Å². The van der Waals surface area contributed by atoms with E-state index >= 15 is 0 Å². The van der Waals surface area contributed by atoms with Gasteiger partial charge in [0.2, 0.25) is 0 Å². The topological polar surface area (TPSA) is 56.5 Å². The van der Waals surface area contributed by atoms with Crippen LogP contribution in [0.15, 0.2) is 54.5 Å². The van der Waals surface area contributed by atoms with Crippen molar-refractivity contribution in [3.63, 3.8) is 0 Å². The second kappa shape index (κ2) is 7.17. The quantitative estimate of drug-likeness (QED) is 0.395. The van der Waals surface area contributed by atoms with Gasteiger partial charge in [-0.05, 0) is 18.6 Å². The van der Waals surface area contributed by atoms with E-state index in [0.717, 1.165) is 28.0 Å². The minimum absolute atomic E-state index is 0.816. The predicted octanol–water partition coefficient (Wildman–Crippen LogP) is 3.62. The normalized spacial score (nSPS) is 10.8. The molecule has 0 spiro atoms. The number of hydrogen-bond acceptors (Lipinski definition) is 5. The van der Waals surface area contributed by atoms with Crippen molar-refractivity contribution < 1.29 is 0 Å². The van der Waals surface area contributed by atoms with E-state index in [4.69, 9.17) is 0 Å². The second-order valence-corrected chi connectivity index (χ2v) is 5.85. The zero-order valence-corrected chi connectivity index (χ0v) is 13.2. The molecule has 0 atom stereocenters. The Balaban J connectivity index is 1.82. The number of imidazole rings is 1. The van der Waals surface area contributed by atoms with Crippen molar-refractivity contribution >= 4 is 11.8 Å². The number of nitrogens with zero attached hydrogens (tertiary/aromatic N) is 5. The molecule has 22 heavy (non-hydrogen) atoms. The molecule has 3 heterocycles. The fraction of sp³-hybridized carbons (Fsp3) is 0.250. The molecule has 3 rings (SSSR count). The summed E-state index contributed by atoms with van der Waals surface area (Å²) in [6.07, 6.45) is 13.3. The summed E-state index contributed by atoms with van der Waals surface area (Å²) in [6, 6.07) is 3.90. The number of pyridine rings is 1. The van der Waals surface area contributed by atoms with E-state index in [1.165, 1.54) is 12.8 Å². The molecule has 3 aromatic rings. The van der Waals surface area contributed by atoms with Gasteiger partial charge in [0.15, 0.2) is 5.16 Å². The van der Waals surface area contributed by atoms with Crippen LogP contribution in [0.2, 0.25) is 0 Å². The van der Waals surface area contributed by atoms with Crippen LogP contribution in [0, 0.1) is 0 Å². The van der Waals surface area contributed by atoms with Gasteiger partial charge in [0.25, 0.3) is 0 Å². The molecule has 0 amide bonds.